The van der Waals surface area contributed by atoms with Crippen LogP contribution in [0.2, 0.25) is 5.15 Å². The minimum absolute atomic E-state index is 0.176. The molecule has 1 heterocycles. The summed E-state index contributed by atoms with van der Waals surface area (Å²) in [5.74, 6) is -0.176. The molecule has 1 N–H and O–H groups in total. The molecule has 0 atom stereocenters. The van der Waals surface area contributed by atoms with E-state index in [2.05, 4.69) is 16.9 Å². The highest BCUT2D eigenvalue weighted by molar-refractivity contribution is 6.30. The largest absolute Gasteiger partial charge is 0.349 e. The molecule has 17 heavy (non-hydrogen) atoms. The number of nitrogens with one attached hydrogen (secondary N) is 1. The summed E-state index contributed by atoms with van der Waals surface area (Å²) in [6, 6.07) is 8.97. The molecule has 4 heteroatoms. The molecule has 86 valence electrons. The Labute approximate surface area is 104 Å². The number of pyridine rings is 1. The first-order valence-corrected chi connectivity index (χ1v) is 5.54. The number of para-hydroxylation sites is 1. The third-order valence-corrected chi connectivity index (χ3v) is 2.53. The second-order valence-electron chi connectivity index (χ2n) is 3.51. The molecule has 2 aromatic rings. The number of amides is 1. The molecule has 0 bridgehead atoms. The molecule has 2 rings (SSSR count). The van der Waals surface area contributed by atoms with Gasteiger partial charge in [-0.3, -0.25) is 4.79 Å². The zero-order valence-corrected chi connectivity index (χ0v) is 9.87. The summed E-state index contributed by atoms with van der Waals surface area (Å²) in [4.78, 5) is 16.1. The predicted octanol–water partition coefficient (Wildman–Crippen LogP) is 2.80. The number of fused-ring (bicyclic) bond motifs is 1. The van der Waals surface area contributed by atoms with Crippen LogP contribution in [0, 0.1) is 0 Å². The number of rotatable bonds is 3. The molecule has 0 saturated carbocycles. The van der Waals surface area contributed by atoms with Gasteiger partial charge in [-0.15, -0.1) is 6.58 Å². The van der Waals surface area contributed by atoms with E-state index in [0.717, 1.165) is 5.39 Å². The van der Waals surface area contributed by atoms with Crippen LogP contribution in [0.3, 0.4) is 0 Å². The summed E-state index contributed by atoms with van der Waals surface area (Å²) in [7, 11) is 0. The first-order valence-electron chi connectivity index (χ1n) is 5.17. The molecule has 0 fully saturated rings. The molecule has 1 aromatic carbocycles. The van der Waals surface area contributed by atoms with Gasteiger partial charge in [0.25, 0.3) is 5.91 Å². The molecule has 0 aliphatic rings. The summed E-state index contributed by atoms with van der Waals surface area (Å²) in [6.45, 7) is 3.98. The van der Waals surface area contributed by atoms with E-state index in [0.29, 0.717) is 22.8 Å². The minimum Gasteiger partial charge on any atom is -0.349 e. The third kappa shape index (κ3) is 2.45. The Hall–Kier alpha value is -1.87. The maximum absolute atomic E-state index is 11.9. The number of carbonyl (C=O) groups is 1. The zero-order chi connectivity index (χ0) is 12.3. The van der Waals surface area contributed by atoms with Crippen LogP contribution in [-0.4, -0.2) is 17.4 Å². The average molecular weight is 247 g/mol. The Balaban J connectivity index is 2.51. The Morgan fingerprint density at radius 3 is 3.00 bits per heavy atom. The van der Waals surface area contributed by atoms with Crippen LogP contribution in [0.5, 0.6) is 0 Å². The van der Waals surface area contributed by atoms with Crippen LogP contribution in [0.25, 0.3) is 10.9 Å². The Morgan fingerprint density at radius 1 is 1.47 bits per heavy atom. The number of aromatic nitrogens is 1. The lowest BCUT2D eigenvalue weighted by Gasteiger charge is -2.06. The second-order valence-corrected chi connectivity index (χ2v) is 3.90. The monoisotopic (exact) mass is 246 g/mol. The smallest absolute Gasteiger partial charge is 0.252 e. The quantitative estimate of drug-likeness (QED) is 0.668. The number of benzene rings is 1. The van der Waals surface area contributed by atoms with Gasteiger partial charge in [-0.25, -0.2) is 4.98 Å². The maximum atomic E-state index is 11.9. The Morgan fingerprint density at radius 2 is 2.24 bits per heavy atom. The van der Waals surface area contributed by atoms with Crippen molar-refractivity contribution >= 4 is 28.4 Å². The normalized spacial score (nSPS) is 10.2. The van der Waals surface area contributed by atoms with Crippen molar-refractivity contribution in [3.05, 3.63) is 53.7 Å². The fourth-order valence-electron chi connectivity index (χ4n) is 1.59. The third-order valence-electron chi connectivity index (χ3n) is 2.34. The van der Waals surface area contributed by atoms with E-state index in [1.54, 1.807) is 12.1 Å². The van der Waals surface area contributed by atoms with E-state index in [9.17, 15) is 4.79 Å². The van der Waals surface area contributed by atoms with Crippen molar-refractivity contribution in [2.24, 2.45) is 0 Å². The number of halogens is 1. The summed E-state index contributed by atoms with van der Waals surface area (Å²) in [5.41, 5.74) is 1.24. The lowest BCUT2D eigenvalue weighted by molar-refractivity contribution is 0.0959. The van der Waals surface area contributed by atoms with E-state index >= 15 is 0 Å². The average Bonchev–Trinajstić information content (AvgIpc) is 2.34. The van der Waals surface area contributed by atoms with E-state index in [-0.39, 0.29) is 5.91 Å². The number of hydrogen-bond acceptors (Lipinski definition) is 2. The summed E-state index contributed by atoms with van der Waals surface area (Å²) < 4.78 is 0. The predicted molar refractivity (Wildman–Crippen MR) is 69.3 cm³/mol. The van der Waals surface area contributed by atoms with Crippen LogP contribution < -0.4 is 5.32 Å². The van der Waals surface area contributed by atoms with Gasteiger partial charge in [-0.1, -0.05) is 35.9 Å². The molecule has 1 aromatic heterocycles. The van der Waals surface area contributed by atoms with Gasteiger partial charge < -0.3 is 5.32 Å². The van der Waals surface area contributed by atoms with E-state index in [1.165, 1.54) is 0 Å². The first kappa shape index (κ1) is 11.6. The molecule has 0 radical (unpaired) electrons. The maximum Gasteiger partial charge on any atom is 0.252 e. The van der Waals surface area contributed by atoms with Gasteiger partial charge in [0.1, 0.15) is 5.15 Å². The Kier molecular flexibility index (Phi) is 3.40. The molecule has 0 saturated heterocycles. The van der Waals surface area contributed by atoms with Crippen molar-refractivity contribution in [2.45, 2.75) is 0 Å². The molecule has 0 spiro atoms. The summed E-state index contributed by atoms with van der Waals surface area (Å²) in [5, 5.41) is 3.83. The fraction of sp³-hybridized carbons (Fsp3) is 0.0769. The molecule has 1 amide bonds. The minimum atomic E-state index is -0.176. The highest BCUT2D eigenvalue weighted by atomic mass is 35.5. The molecule has 0 aliphatic carbocycles. The van der Waals surface area contributed by atoms with Crippen molar-refractivity contribution in [1.82, 2.24) is 10.3 Å². The molecular formula is C13H11ClN2O. The van der Waals surface area contributed by atoms with Crippen molar-refractivity contribution in [3.8, 4) is 0 Å². The highest BCUT2D eigenvalue weighted by Crippen LogP contribution is 2.20. The van der Waals surface area contributed by atoms with Crippen LogP contribution in [0.15, 0.2) is 43.0 Å². The lowest BCUT2D eigenvalue weighted by atomic mass is 10.1. The Bertz CT molecular complexity index is 581. The second kappa shape index (κ2) is 4.97. The van der Waals surface area contributed by atoms with Crippen molar-refractivity contribution in [1.29, 1.82) is 0 Å². The molecular weight excluding hydrogens is 236 g/mol. The van der Waals surface area contributed by atoms with Crippen LogP contribution in [0.4, 0.5) is 0 Å². The van der Waals surface area contributed by atoms with E-state index in [4.69, 9.17) is 11.6 Å². The number of hydrogen-bond donors (Lipinski definition) is 1. The SMILES string of the molecule is C=CCNC(=O)c1cc(Cl)nc2ccccc12. The van der Waals surface area contributed by atoms with Crippen LogP contribution >= 0.6 is 11.6 Å². The van der Waals surface area contributed by atoms with Crippen molar-refractivity contribution in [2.75, 3.05) is 6.54 Å². The van der Waals surface area contributed by atoms with Gasteiger partial charge in [0.2, 0.25) is 0 Å². The number of nitrogens with zero attached hydrogens (tertiary/aromatic N) is 1. The highest BCUT2D eigenvalue weighted by Gasteiger charge is 2.11. The zero-order valence-electron chi connectivity index (χ0n) is 9.11. The lowest BCUT2D eigenvalue weighted by Crippen LogP contribution is -2.23. The molecule has 3 nitrogen and oxygen atoms in total. The number of carbonyl (C=O) groups excluding carboxylic acids is 1. The fourth-order valence-corrected chi connectivity index (χ4v) is 1.79. The standard InChI is InChI=1S/C13H11ClN2O/c1-2-7-15-13(17)10-8-12(14)16-11-6-4-3-5-9(10)11/h2-6,8H,1,7H2,(H,15,17). The van der Waals surface area contributed by atoms with Gasteiger partial charge in [0, 0.05) is 11.9 Å². The topological polar surface area (TPSA) is 42.0 Å². The van der Waals surface area contributed by atoms with Crippen LogP contribution in [-0.2, 0) is 0 Å². The van der Waals surface area contributed by atoms with Crippen LogP contribution in [0.1, 0.15) is 10.4 Å². The van der Waals surface area contributed by atoms with Gasteiger partial charge in [-0.2, -0.15) is 0 Å². The van der Waals surface area contributed by atoms with E-state index < -0.39 is 0 Å². The van der Waals surface area contributed by atoms with Crippen molar-refractivity contribution < 1.29 is 4.79 Å². The van der Waals surface area contributed by atoms with Gasteiger partial charge in [-0.05, 0) is 12.1 Å². The summed E-state index contributed by atoms with van der Waals surface area (Å²) in [6.07, 6.45) is 1.63. The van der Waals surface area contributed by atoms with E-state index in [1.807, 2.05) is 24.3 Å². The van der Waals surface area contributed by atoms with Crippen molar-refractivity contribution in [3.63, 3.8) is 0 Å². The van der Waals surface area contributed by atoms with Gasteiger partial charge >= 0.3 is 0 Å². The van der Waals surface area contributed by atoms with Gasteiger partial charge in [0.05, 0.1) is 11.1 Å². The molecule has 0 aliphatic heterocycles. The first-order chi connectivity index (χ1) is 8.22. The summed E-state index contributed by atoms with van der Waals surface area (Å²) >= 11 is 5.89. The molecule has 0 unspecified atom stereocenters. The van der Waals surface area contributed by atoms with Gasteiger partial charge in [0.15, 0.2) is 0 Å².